The van der Waals surface area contributed by atoms with Gasteiger partial charge in [0.2, 0.25) is 5.95 Å². The minimum absolute atomic E-state index is 0.163. The molecule has 5 heteroatoms. The van der Waals surface area contributed by atoms with E-state index < -0.39 is 0 Å². The highest BCUT2D eigenvalue weighted by Crippen LogP contribution is 1.98. The van der Waals surface area contributed by atoms with Crippen LogP contribution in [0.2, 0.25) is 0 Å². The smallest absolute Gasteiger partial charge is 0.255 e. The number of nitrogens with zero attached hydrogens (tertiary/aromatic N) is 1. The van der Waals surface area contributed by atoms with Crippen molar-refractivity contribution in [1.82, 2.24) is 15.3 Å². The molecule has 0 saturated heterocycles. The van der Waals surface area contributed by atoms with Crippen molar-refractivity contribution in [3.63, 3.8) is 0 Å². The van der Waals surface area contributed by atoms with Crippen LogP contribution in [0, 0.1) is 6.92 Å². The summed E-state index contributed by atoms with van der Waals surface area (Å²) in [5.74, 6) is 0.163. The van der Waals surface area contributed by atoms with Crippen LogP contribution in [0.25, 0.3) is 0 Å². The van der Waals surface area contributed by atoms with Crippen molar-refractivity contribution in [2.24, 2.45) is 0 Å². The third-order valence-corrected chi connectivity index (χ3v) is 1.61. The van der Waals surface area contributed by atoms with Gasteiger partial charge in [-0.15, -0.1) is 0 Å². The lowest BCUT2D eigenvalue weighted by Crippen LogP contribution is -2.20. The predicted octanol–water partition coefficient (Wildman–Crippen LogP) is -0.620. The number of nitrogen functional groups attached to an aromatic ring is 1. The molecule has 0 atom stereocenters. The van der Waals surface area contributed by atoms with E-state index in [2.05, 4.69) is 15.3 Å². The van der Waals surface area contributed by atoms with Crippen LogP contribution in [0.3, 0.4) is 0 Å². The van der Waals surface area contributed by atoms with Gasteiger partial charge in [0.25, 0.3) is 5.56 Å². The highest BCUT2D eigenvalue weighted by molar-refractivity contribution is 5.23. The molecule has 0 radical (unpaired) electrons. The standard InChI is InChI=1S/C7H12N4O/c1-4-5(3-9-2)10-7(8)11-6(4)12/h9H,3H2,1-2H3,(H3,8,10,11,12). The summed E-state index contributed by atoms with van der Waals surface area (Å²) >= 11 is 0. The zero-order valence-electron chi connectivity index (χ0n) is 7.14. The number of hydrogen-bond acceptors (Lipinski definition) is 4. The monoisotopic (exact) mass is 168 g/mol. The van der Waals surface area contributed by atoms with Crippen molar-refractivity contribution in [1.29, 1.82) is 0 Å². The first-order valence-corrected chi connectivity index (χ1v) is 3.65. The van der Waals surface area contributed by atoms with E-state index in [4.69, 9.17) is 5.73 Å². The molecule has 0 saturated carbocycles. The number of anilines is 1. The van der Waals surface area contributed by atoms with E-state index in [1.807, 2.05) is 0 Å². The molecule has 0 bridgehead atoms. The Bertz CT molecular complexity index is 331. The molecular formula is C7H12N4O. The van der Waals surface area contributed by atoms with Gasteiger partial charge < -0.3 is 11.1 Å². The molecule has 5 nitrogen and oxygen atoms in total. The van der Waals surface area contributed by atoms with Gasteiger partial charge in [0.15, 0.2) is 0 Å². The Kier molecular flexibility index (Phi) is 2.44. The SMILES string of the molecule is CNCc1nc(N)[nH]c(=O)c1C. The predicted molar refractivity (Wildman–Crippen MR) is 46.8 cm³/mol. The topological polar surface area (TPSA) is 83.8 Å². The number of hydrogen-bond donors (Lipinski definition) is 3. The highest BCUT2D eigenvalue weighted by Gasteiger charge is 2.03. The summed E-state index contributed by atoms with van der Waals surface area (Å²) in [5, 5.41) is 2.91. The van der Waals surface area contributed by atoms with Gasteiger partial charge >= 0.3 is 0 Å². The molecule has 0 amide bonds. The zero-order valence-corrected chi connectivity index (χ0v) is 7.14. The van der Waals surface area contributed by atoms with E-state index in [1.54, 1.807) is 14.0 Å². The van der Waals surface area contributed by atoms with Gasteiger partial charge in [-0.2, -0.15) is 0 Å². The Labute approximate surface area is 70.0 Å². The molecule has 1 aromatic rings. The molecule has 0 aliphatic heterocycles. The van der Waals surface area contributed by atoms with Crippen molar-refractivity contribution in [2.75, 3.05) is 12.8 Å². The lowest BCUT2D eigenvalue weighted by molar-refractivity contribution is 0.776. The van der Waals surface area contributed by atoms with E-state index in [0.29, 0.717) is 17.8 Å². The maximum Gasteiger partial charge on any atom is 0.255 e. The second kappa shape index (κ2) is 3.36. The Hall–Kier alpha value is -1.36. The lowest BCUT2D eigenvalue weighted by atomic mass is 10.2. The molecule has 1 heterocycles. The maximum atomic E-state index is 11.1. The van der Waals surface area contributed by atoms with E-state index in [0.717, 1.165) is 0 Å². The number of aromatic amines is 1. The van der Waals surface area contributed by atoms with Gasteiger partial charge in [0, 0.05) is 12.1 Å². The minimum Gasteiger partial charge on any atom is -0.369 e. The van der Waals surface area contributed by atoms with Gasteiger partial charge in [-0.3, -0.25) is 9.78 Å². The average molecular weight is 168 g/mol. The maximum absolute atomic E-state index is 11.1. The van der Waals surface area contributed by atoms with E-state index in [1.165, 1.54) is 0 Å². The van der Waals surface area contributed by atoms with Crippen LogP contribution in [0.1, 0.15) is 11.3 Å². The van der Waals surface area contributed by atoms with Crippen molar-refractivity contribution in [3.05, 3.63) is 21.6 Å². The fourth-order valence-electron chi connectivity index (χ4n) is 0.938. The first kappa shape index (κ1) is 8.73. The fraction of sp³-hybridized carbons (Fsp3) is 0.429. The van der Waals surface area contributed by atoms with E-state index >= 15 is 0 Å². The summed E-state index contributed by atoms with van der Waals surface area (Å²) in [5.41, 5.74) is 6.49. The summed E-state index contributed by atoms with van der Waals surface area (Å²) in [6.07, 6.45) is 0. The summed E-state index contributed by atoms with van der Waals surface area (Å²) in [4.78, 5) is 17.5. The largest absolute Gasteiger partial charge is 0.369 e. The quantitative estimate of drug-likeness (QED) is 0.549. The molecule has 0 unspecified atom stereocenters. The van der Waals surface area contributed by atoms with Crippen molar-refractivity contribution in [3.8, 4) is 0 Å². The van der Waals surface area contributed by atoms with Gasteiger partial charge in [-0.1, -0.05) is 0 Å². The molecule has 0 aromatic carbocycles. The Morgan fingerprint density at radius 1 is 1.67 bits per heavy atom. The average Bonchev–Trinajstić information content (AvgIpc) is 2.00. The molecule has 0 spiro atoms. The molecule has 0 fully saturated rings. The van der Waals surface area contributed by atoms with Gasteiger partial charge in [-0.05, 0) is 14.0 Å². The molecule has 0 aliphatic carbocycles. The highest BCUT2D eigenvalue weighted by atomic mass is 16.1. The molecular weight excluding hydrogens is 156 g/mol. The van der Waals surface area contributed by atoms with Crippen LogP contribution in [0.4, 0.5) is 5.95 Å². The van der Waals surface area contributed by atoms with Crippen LogP contribution in [-0.4, -0.2) is 17.0 Å². The Morgan fingerprint density at radius 3 is 2.92 bits per heavy atom. The normalized spacial score (nSPS) is 10.2. The van der Waals surface area contributed by atoms with Crippen molar-refractivity contribution in [2.45, 2.75) is 13.5 Å². The number of nitrogens with two attached hydrogens (primary N) is 1. The third-order valence-electron chi connectivity index (χ3n) is 1.61. The summed E-state index contributed by atoms with van der Waals surface area (Å²) in [6.45, 7) is 2.28. The number of rotatable bonds is 2. The first-order chi connectivity index (χ1) is 5.65. The molecule has 12 heavy (non-hydrogen) atoms. The van der Waals surface area contributed by atoms with Crippen LogP contribution >= 0.6 is 0 Å². The molecule has 0 aliphatic rings. The van der Waals surface area contributed by atoms with Crippen molar-refractivity contribution < 1.29 is 0 Å². The third kappa shape index (κ3) is 1.62. The second-order valence-electron chi connectivity index (χ2n) is 2.55. The number of aromatic nitrogens is 2. The summed E-state index contributed by atoms with van der Waals surface area (Å²) in [6, 6.07) is 0. The number of H-pyrrole nitrogens is 1. The van der Waals surface area contributed by atoms with Crippen LogP contribution in [0.5, 0.6) is 0 Å². The molecule has 1 rings (SSSR count). The van der Waals surface area contributed by atoms with Gasteiger partial charge in [0.05, 0.1) is 5.69 Å². The van der Waals surface area contributed by atoms with Crippen LogP contribution in [-0.2, 0) is 6.54 Å². The lowest BCUT2D eigenvalue weighted by Gasteiger charge is -2.03. The minimum atomic E-state index is -0.173. The Morgan fingerprint density at radius 2 is 2.33 bits per heavy atom. The van der Waals surface area contributed by atoms with E-state index in [-0.39, 0.29) is 11.5 Å². The summed E-state index contributed by atoms with van der Waals surface area (Å²) in [7, 11) is 1.79. The first-order valence-electron chi connectivity index (χ1n) is 3.65. The van der Waals surface area contributed by atoms with Gasteiger partial charge in [-0.25, -0.2) is 4.98 Å². The second-order valence-corrected chi connectivity index (χ2v) is 2.55. The van der Waals surface area contributed by atoms with E-state index in [9.17, 15) is 4.79 Å². The number of nitrogens with one attached hydrogen (secondary N) is 2. The molecule has 1 aromatic heterocycles. The zero-order chi connectivity index (χ0) is 9.14. The molecule has 4 N–H and O–H groups in total. The summed E-state index contributed by atoms with van der Waals surface area (Å²) < 4.78 is 0. The fourth-order valence-corrected chi connectivity index (χ4v) is 0.938. The van der Waals surface area contributed by atoms with Crippen LogP contribution in [0.15, 0.2) is 4.79 Å². The van der Waals surface area contributed by atoms with Crippen LogP contribution < -0.4 is 16.6 Å². The van der Waals surface area contributed by atoms with Gasteiger partial charge in [0.1, 0.15) is 0 Å². The Balaban J connectivity index is 3.18. The molecule has 66 valence electrons. The van der Waals surface area contributed by atoms with Crippen molar-refractivity contribution >= 4 is 5.95 Å².